The number of carbonyl (C=O) groups excluding carboxylic acids is 2. The van der Waals surface area contributed by atoms with E-state index in [1.54, 1.807) is 16.7 Å². The number of ether oxygens (including phenoxy) is 1. The van der Waals surface area contributed by atoms with Gasteiger partial charge in [-0.2, -0.15) is 5.10 Å². The number of hydrogen-bond donors (Lipinski definition) is 0. The highest BCUT2D eigenvalue weighted by atomic mass is 35.5. The Balaban J connectivity index is 1.44. The highest BCUT2D eigenvalue weighted by Crippen LogP contribution is 2.33. The molecule has 0 N–H and O–H groups in total. The summed E-state index contributed by atoms with van der Waals surface area (Å²) in [5, 5.41) is 4.88. The Bertz CT molecular complexity index is 1330. The van der Waals surface area contributed by atoms with Crippen molar-refractivity contribution < 1.29 is 23.1 Å². The molecule has 2 aromatic carbocycles. The molecule has 3 aromatic rings. The second-order valence-corrected chi connectivity index (χ2v) is 9.55. The van der Waals surface area contributed by atoms with Crippen LogP contribution in [0.1, 0.15) is 37.7 Å². The van der Waals surface area contributed by atoms with Crippen molar-refractivity contribution in [2.45, 2.75) is 38.5 Å². The molecule has 0 saturated carbocycles. The van der Waals surface area contributed by atoms with E-state index in [2.05, 4.69) is 5.10 Å². The zero-order valence-electron chi connectivity index (χ0n) is 19.3. The molecule has 0 spiro atoms. The van der Waals surface area contributed by atoms with Gasteiger partial charge in [0.2, 0.25) is 0 Å². The van der Waals surface area contributed by atoms with Crippen LogP contribution in [0.25, 0.3) is 0 Å². The molecule has 0 fully saturated rings. The summed E-state index contributed by atoms with van der Waals surface area (Å²) in [5.74, 6) is -0.137. The molecule has 11 heteroatoms. The van der Waals surface area contributed by atoms with Crippen molar-refractivity contribution >= 4 is 35.0 Å². The maximum atomic E-state index is 14.0. The van der Waals surface area contributed by atoms with Crippen molar-refractivity contribution in [1.29, 1.82) is 0 Å². The first-order chi connectivity index (χ1) is 17.3. The van der Waals surface area contributed by atoms with Gasteiger partial charge in [-0.15, -0.1) is 0 Å². The minimum atomic E-state index is -2.79. The van der Waals surface area contributed by atoms with Crippen molar-refractivity contribution in [1.82, 2.24) is 19.6 Å². The van der Waals surface area contributed by atoms with Gasteiger partial charge in [-0.05, 0) is 35.9 Å². The molecule has 2 aliphatic rings. The number of carbonyl (C=O) groups is 2. The largest absolute Gasteiger partial charge is 0.497 e. The summed E-state index contributed by atoms with van der Waals surface area (Å²) in [6.45, 7) is 1.10. The first-order valence-corrected chi connectivity index (χ1v) is 12.1. The average molecular weight is 535 g/mol. The third-order valence-corrected chi connectivity index (χ3v) is 7.33. The Labute approximate surface area is 216 Å². The van der Waals surface area contributed by atoms with Gasteiger partial charge in [-0.1, -0.05) is 35.3 Å². The smallest absolute Gasteiger partial charge is 0.272 e. The monoisotopic (exact) mass is 534 g/mol. The molecule has 0 bridgehead atoms. The van der Waals surface area contributed by atoms with Crippen molar-refractivity contribution in [3.05, 3.63) is 80.6 Å². The highest BCUT2D eigenvalue weighted by Gasteiger charge is 2.41. The van der Waals surface area contributed by atoms with Crippen LogP contribution in [0, 0.1) is 0 Å². The topological polar surface area (TPSA) is 67.7 Å². The summed E-state index contributed by atoms with van der Waals surface area (Å²) in [7, 11) is 1.58. The fourth-order valence-electron chi connectivity index (χ4n) is 4.69. The zero-order valence-corrected chi connectivity index (χ0v) is 20.8. The van der Waals surface area contributed by atoms with Crippen LogP contribution in [0.3, 0.4) is 0 Å². The Morgan fingerprint density at radius 1 is 1.14 bits per heavy atom. The molecule has 2 aliphatic heterocycles. The van der Waals surface area contributed by atoms with Crippen LogP contribution in [0.15, 0.2) is 42.5 Å². The maximum Gasteiger partial charge on any atom is 0.272 e. The molecule has 0 radical (unpaired) electrons. The molecule has 0 unspecified atom stereocenters. The van der Waals surface area contributed by atoms with Crippen LogP contribution in [0.2, 0.25) is 10.0 Å². The maximum absolute atomic E-state index is 14.0. The lowest BCUT2D eigenvalue weighted by molar-refractivity contribution is 0.0136. The van der Waals surface area contributed by atoms with Crippen molar-refractivity contribution in [2.24, 2.45) is 0 Å². The molecule has 7 nitrogen and oxygen atoms in total. The quantitative estimate of drug-likeness (QED) is 0.476. The summed E-state index contributed by atoms with van der Waals surface area (Å²) >= 11 is 12.0. The standard InChI is InChI=1S/C25H22Cl2F2N4O3/c1-36-16-5-2-14(3-6-16)12-31-8-9-33-22(25(31)35)17-13-32(21(23(28)29)11-20(17)30-33)24(34)15-4-7-18(26)19(27)10-15/h2-7,10,21,23H,8-9,11-13H2,1H3/t21-/m0/s1. The normalized spacial score (nSPS) is 17.3. The molecule has 3 heterocycles. The van der Waals surface area contributed by atoms with E-state index in [0.717, 1.165) is 16.2 Å². The molecule has 2 amide bonds. The van der Waals surface area contributed by atoms with Crippen molar-refractivity contribution in [2.75, 3.05) is 13.7 Å². The van der Waals surface area contributed by atoms with Gasteiger partial charge >= 0.3 is 0 Å². The van der Waals surface area contributed by atoms with E-state index in [-0.39, 0.29) is 34.5 Å². The number of hydrogen-bond acceptors (Lipinski definition) is 4. The van der Waals surface area contributed by atoms with Crippen LogP contribution >= 0.6 is 23.2 Å². The lowest BCUT2D eigenvalue weighted by Gasteiger charge is -2.35. The molecule has 36 heavy (non-hydrogen) atoms. The predicted molar refractivity (Wildman–Crippen MR) is 130 cm³/mol. The molecular weight excluding hydrogens is 513 g/mol. The lowest BCUT2D eigenvalue weighted by Crippen LogP contribution is -2.48. The van der Waals surface area contributed by atoms with Gasteiger partial charge in [0.15, 0.2) is 0 Å². The van der Waals surface area contributed by atoms with E-state index >= 15 is 0 Å². The SMILES string of the molecule is COc1ccc(CN2CCn3nc4c(c3C2=O)CN(C(=O)c2ccc(Cl)c(Cl)c2)[C@H](C(F)F)C4)cc1. The number of alkyl halides is 2. The Morgan fingerprint density at radius 2 is 1.89 bits per heavy atom. The summed E-state index contributed by atoms with van der Waals surface area (Å²) in [6.07, 6.45) is -2.93. The lowest BCUT2D eigenvalue weighted by atomic mass is 9.96. The molecule has 0 aliphatic carbocycles. The van der Waals surface area contributed by atoms with Crippen LogP contribution in [0.4, 0.5) is 8.78 Å². The van der Waals surface area contributed by atoms with E-state index in [1.807, 2.05) is 24.3 Å². The number of halogens is 4. The zero-order chi connectivity index (χ0) is 25.6. The second kappa shape index (κ2) is 9.71. The minimum absolute atomic E-state index is 0.145. The number of fused-ring (bicyclic) bond motifs is 3. The van der Waals surface area contributed by atoms with E-state index in [1.165, 1.54) is 18.2 Å². The van der Waals surface area contributed by atoms with Gasteiger partial charge in [-0.25, -0.2) is 8.78 Å². The van der Waals surface area contributed by atoms with E-state index in [0.29, 0.717) is 36.6 Å². The summed E-state index contributed by atoms with van der Waals surface area (Å²) < 4.78 is 34.8. The number of methoxy groups -OCH3 is 1. The summed E-state index contributed by atoms with van der Waals surface area (Å²) in [5.41, 5.74) is 2.34. The number of benzene rings is 2. The van der Waals surface area contributed by atoms with Gasteiger partial charge in [0.1, 0.15) is 11.4 Å². The van der Waals surface area contributed by atoms with Gasteiger partial charge < -0.3 is 14.5 Å². The van der Waals surface area contributed by atoms with Gasteiger partial charge in [0, 0.05) is 30.6 Å². The number of amides is 2. The number of aromatic nitrogens is 2. The third-order valence-electron chi connectivity index (χ3n) is 6.59. The number of rotatable bonds is 5. The van der Waals surface area contributed by atoms with Crippen LogP contribution in [-0.2, 0) is 26.1 Å². The predicted octanol–water partition coefficient (Wildman–Crippen LogP) is 4.69. The molecule has 1 aromatic heterocycles. The number of nitrogens with zero attached hydrogens (tertiary/aromatic N) is 4. The van der Waals surface area contributed by atoms with E-state index < -0.39 is 18.4 Å². The average Bonchev–Trinajstić information content (AvgIpc) is 3.25. The van der Waals surface area contributed by atoms with Crippen LogP contribution in [0.5, 0.6) is 5.75 Å². The Morgan fingerprint density at radius 3 is 2.56 bits per heavy atom. The fraction of sp³-hybridized carbons (Fsp3) is 0.320. The third kappa shape index (κ3) is 4.41. The summed E-state index contributed by atoms with van der Waals surface area (Å²) in [6, 6.07) is 10.3. The van der Waals surface area contributed by atoms with Crippen LogP contribution < -0.4 is 4.74 Å². The second-order valence-electron chi connectivity index (χ2n) is 8.74. The van der Waals surface area contributed by atoms with E-state index in [4.69, 9.17) is 27.9 Å². The van der Waals surface area contributed by atoms with Gasteiger partial charge in [0.05, 0.1) is 42.0 Å². The molecule has 1 atom stereocenters. The van der Waals surface area contributed by atoms with Gasteiger partial charge in [-0.3, -0.25) is 14.3 Å². The first-order valence-electron chi connectivity index (χ1n) is 11.3. The molecule has 188 valence electrons. The molecular formula is C25H22Cl2F2N4O3. The van der Waals surface area contributed by atoms with Crippen molar-refractivity contribution in [3.8, 4) is 5.75 Å². The first kappa shape index (κ1) is 24.5. The van der Waals surface area contributed by atoms with Gasteiger partial charge in [0.25, 0.3) is 18.2 Å². The molecule has 5 rings (SSSR count). The summed E-state index contributed by atoms with van der Waals surface area (Å²) in [4.78, 5) is 29.6. The van der Waals surface area contributed by atoms with E-state index in [9.17, 15) is 18.4 Å². The minimum Gasteiger partial charge on any atom is -0.497 e. The Kier molecular flexibility index (Phi) is 6.61. The van der Waals surface area contributed by atoms with Crippen LogP contribution in [-0.4, -0.2) is 57.5 Å². The molecule has 0 saturated heterocycles. The highest BCUT2D eigenvalue weighted by molar-refractivity contribution is 6.42. The van der Waals surface area contributed by atoms with Crippen molar-refractivity contribution in [3.63, 3.8) is 0 Å². The fourth-order valence-corrected chi connectivity index (χ4v) is 4.99. The Hall–Kier alpha value is -3.17.